The Morgan fingerprint density at radius 2 is 2.04 bits per heavy atom. The molecular formula is C17H17FN4OS. The molecule has 1 aromatic carbocycles. The summed E-state index contributed by atoms with van der Waals surface area (Å²) in [5, 5.41) is 3.09. The Labute approximate surface area is 144 Å². The first-order valence-electron chi connectivity index (χ1n) is 7.78. The van der Waals surface area contributed by atoms with E-state index in [1.165, 1.54) is 24.3 Å². The van der Waals surface area contributed by atoms with Crippen LogP contribution in [0, 0.1) is 5.82 Å². The zero-order valence-electron chi connectivity index (χ0n) is 13.0. The van der Waals surface area contributed by atoms with Crippen molar-refractivity contribution in [2.45, 2.75) is 25.3 Å². The quantitative estimate of drug-likeness (QED) is 0.849. The van der Waals surface area contributed by atoms with Crippen molar-refractivity contribution < 1.29 is 9.18 Å². The standard InChI is InChI=1S/C17H17FN4OS/c18-13-6-4-12(5-7-13)16(23)21-17(24)22-10-2-1-3-15(22)14-11-19-8-9-20-14/h4-9,11,15H,1-3,10H2,(H,21,23,24). The van der Waals surface area contributed by atoms with Crippen LogP contribution in [0.5, 0.6) is 0 Å². The van der Waals surface area contributed by atoms with Crippen LogP contribution in [-0.4, -0.2) is 32.4 Å². The van der Waals surface area contributed by atoms with E-state index in [-0.39, 0.29) is 17.8 Å². The molecule has 1 aliphatic rings. The van der Waals surface area contributed by atoms with Gasteiger partial charge in [-0.1, -0.05) is 0 Å². The van der Waals surface area contributed by atoms with Gasteiger partial charge in [-0.05, 0) is 55.7 Å². The van der Waals surface area contributed by atoms with E-state index in [4.69, 9.17) is 12.2 Å². The highest BCUT2D eigenvalue weighted by Crippen LogP contribution is 2.29. The van der Waals surface area contributed by atoms with Crippen molar-refractivity contribution in [2.75, 3.05) is 6.54 Å². The molecule has 2 heterocycles. The lowest BCUT2D eigenvalue weighted by Gasteiger charge is -2.36. The fourth-order valence-electron chi connectivity index (χ4n) is 2.81. The SMILES string of the molecule is O=C(NC(=S)N1CCCCC1c1cnccn1)c1ccc(F)cc1. The van der Waals surface area contributed by atoms with E-state index < -0.39 is 0 Å². The lowest BCUT2D eigenvalue weighted by atomic mass is 10.00. The molecule has 1 amide bonds. The smallest absolute Gasteiger partial charge is 0.257 e. The van der Waals surface area contributed by atoms with Crippen LogP contribution >= 0.6 is 12.2 Å². The normalized spacial score (nSPS) is 17.4. The maximum absolute atomic E-state index is 13.0. The molecule has 124 valence electrons. The highest BCUT2D eigenvalue weighted by molar-refractivity contribution is 7.80. The molecule has 2 aromatic rings. The number of aromatic nitrogens is 2. The number of nitrogens with zero attached hydrogens (tertiary/aromatic N) is 3. The zero-order chi connectivity index (χ0) is 16.9. The average molecular weight is 344 g/mol. The van der Waals surface area contributed by atoms with Crippen LogP contribution in [0.25, 0.3) is 0 Å². The minimum Gasteiger partial charge on any atom is -0.340 e. The third-order valence-electron chi connectivity index (χ3n) is 4.02. The summed E-state index contributed by atoms with van der Waals surface area (Å²) in [4.78, 5) is 22.7. The molecule has 3 rings (SSSR count). The molecule has 1 N–H and O–H groups in total. The molecule has 0 spiro atoms. The monoisotopic (exact) mass is 344 g/mol. The number of benzene rings is 1. The maximum atomic E-state index is 13.0. The van der Waals surface area contributed by atoms with Gasteiger partial charge in [-0.2, -0.15) is 0 Å². The van der Waals surface area contributed by atoms with E-state index in [0.717, 1.165) is 31.5 Å². The summed E-state index contributed by atoms with van der Waals surface area (Å²) in [5.41, 5.74) is 1.21. The van der Waals surface area contributed by atoms with Gasteiger partial charge in [-0.25, -0.2) is 4.39 Å². The van der Waals surface area contributed by atoms with Gasteiger partial charge in [0, 0.05) is 24.5 Å². The summed E-state index contributed by atoms with van der Waals surface area (Å²) >= 11 is 5.42. The van der Waals surface area contributed by atoms with Crippen molar-refractivity contribution in [1.82, 2.24) is 20.2 Å². The highest BCUT2D eigenvalue weighted by atomic mass is 32.1. The van der Waals surface area contributed by atoms with Gasteiger partial charge < -0.3 is 4.90 Å². The molecule has 0 radical (unpaired) electrons. The number of carbonyl (C=O) groups is 1. The molecule has 5 nitrogen and oxygen atoms in total. The number of piperidine rings is 1. The topological polar surface area (TPSA) is 58.1 Å². The second kappa shape index (κ2) is 7.44. The molecule has 0 saturated carbocycles. The first kappa shape index (κ1) is 16.4. The van der Waals surface area contributed by atoms with Crippen LogP contribution in [0.1, 0.15) is 41.4 Å². The van der Waals surface area contributed by atoms with Crippen LogP contribution in [0.2, 0.25) is 0 Å². The average Bonchev–Trinajstić information content (AvgIpc) is 2.63. The van der Waals surface area contributed by atoms with Crippen molar-refractivity contribution in [3.8, 4) is 0 Å². The lowest BCUT2D eigenvalue weighted by Crippen LogP contribution is -2.46. The molecule has 1 fully saturated rings. The van der Waals surface area contributed by atoms with Gasteiger partial charge in [0.05, 0.1) is 17.9 Å². The van der Waals surface area contributed by atoms with Crippen molar-refractivity contribution in [3.05, 3.63) is 59.9 Å². The van der Waals surface area contributed by atoms with Gasteiger partial charge >= 0.3 is 0 Å². The maximum Gasteiger partial charge on any atom is 0.257 e. The number of nitrogens with one attached hydrogen (secondary N) is 1. The van der Waals surface area contributed by atoms with Crippen LogP contribution in [0.3, 0.4) is 0 Å². The second-order valence-corrected chi connectivity index (χ2v) is 5.99. The van der Waals surface area contributed by atoms with Gasteiger partial charge in [0.15, 0.2) is 5.11 Å². The van der Waals surface area contributed by atoms with Crippen molar-refractivity contribution in [1.29, 1.82) is 0 Å². The van der Waals surface area contributed by atoms with E-state index in [1.54, 1.807) is 18.6 Å². The third kappa shape index (κ3) is 3.73. The van der Waals surface area contributed by atoms with E-state index in [1.807, 2.05) is 4.90 Å². The summed E-state index contributed by atoms with van der Waals surface area (Å²) in [5.74, 6) is -0.726. The number of rotatable bonds is 2. The first-order valence-corrected chi connectivity index (χ1v) is 8.19. The van der Waals surface area contributed by atoms with Crippen LogP contribution < -0.4 is 5.32 Å². The molecule has 7 heteroatoms. The molecule has 0 aliphatic carbocycles. The zero-order valence-corrected chi connectivity index (χ0v) is 13.8. The molecule has 24 heavy (non-hydrogen) atoms. The summed E-state index contributed by atoms with van der Waals surface area (Å²) < 4.78 is 13.0. The third-order valence-corrected chi connectivity index (χ3v) is 4.35. The van der Waals surface area contributed by atoms with E-state index in [2.05, 4.69) is 15.3 Å². The van der Waals surface area contributed by atoms with Gasteiger partial charge in [-0.15, -0.1) is 0 Å². The molecule has 0 bridgehead atoms. The number of likely N-dealkylation sites (tertiary alicyclic amines) is 1. The molecule has 1 atom stereocenters. The Morgan fingerprint density at radius 3 is 2.75 bits per heavy atom. The Kier molecular flexibility index (Phi) is 5.10. The Hall–Kier alpha value is -2.41. The Bertz CT molecular complexity index is 723. The first-order chi connectivity index (χ1) is 11.6. The van der Waals surface area contributed by atoms with Crippen LogP contribution in [-0.2, 0) is 0 Å². The number of thiocarbonyl (C=S) groups is 1. The predicted octanol–water partition coefficient (Wildman–Crippen LogP) is 2.86. The molecule has 1 aromatic heterocycles. The lowest BCUT2D eigenvalue weighted by molar-refractivity contribution is 0.0969. The molecule has 1 saturated heterocycles. The van der Waals surface area contributed by atoms with E-state index >= 15 is 0 Å². The summed E-state index contributed by atoms with van der Waals surface area (Å²) in [6.45, 7) is 0.754. The molecule has 1 unspecified atom stereocenters. The van der Waals surface area contributed by atoms with Gasteiger partial charge in [0.25, 0.3) is 5.91 Å². The minimum absolute atomic E-state index is 0.00784. The van der Waals surface area contributed by atoms with E-state index in [0.29, 0.717) is 10.7 Å². The number of hydrogen-bond donors (Lipinski definition) is 1. The van der Waals surface area contributed by atoms with Gasteiger partial charge in [0.2, 0.25) is 0 Å². The highest BCUT2D eigenvalue weighted by Gasteiger charge is 2.28. The Morgan fingerprint density at radius 1 is 1.25 bits per heavy atom. The predicted molar refractivity (Wildman–Crippen MR) is 91.8 cm³/mol. The number of amides is 1. The molecule has 1 aliphatic heterocycles. The minimum atomic E-state index is -0.382. The second-order valence-electron chi connectivity index (χ2n) is 5.60. The molecular weight excluding hydrogens is 327 g/mol. The van der Waals surface area contributed by atoms with Crippen molar-refractivity contribution in [3.63, 3.8) is 0 Å². The van der Waals surface area contributed by atoms with Crippen molar-refractivity contribution >= 4 is 23.2 Å². The Balaban J connectivity index is 1.72. The summed E-state index contributed by atoms with van der Waals surface area (Å²) in [6.07, 6.45) is 8.00. The number of hydrogen-bond acceptors (Lipinski definition) is 4. The van der Waals surface area contributed by atoms with Gasteiger partial charge in [-0.3, -0.25) is 20.1 Å². The number of halogens is 1. The largest absolute Gasteiger partial charge is 0.340 e. The van der Waals surface area contributed by atoms with Crippen LogP contribution in [0.15, 0.2) is 42.9 Å². The fourth-order valence-corrected chi connectivity index (χ4v) is 3.12. The number of carbonyl (C=O) groups excluding carboxylic acids is 1. The summed E-state index contributed by atoms with van der Waals surface area (Å²) in [6, 6.07) is 5.38. The van der Waals surface area contributed by atoms with Crippen LogP contribution in [0.4, 0.5) is 4.39 Å². The fraction of sp³-hybridized carbons (Fsp3) is 0.294. The van der Waals surface area contributed by atoms with Gasteiger partial charge in [0.1, 0.15) is 5.82 Å². The summed E-state index contributed by atoms with van der Waals surface area (Å²) in [7, 11) is 0. The van der Waals surface area contributed by atoms with E-state index in [9.17, 15) is 9.18 Å². The van der Waals surface area contributed by atoms with Crippen molar-refractivity contribution in [2.24, 2.45) is 0 Å².